The molecule has 0 fully saturated rings. The van der Waals surface area contributed by atoms with Crippen molar-refractivity contribution in [2.45, 2.75) is 13.5 Å². The van der Waals surface area contributed by atoms with Crippen LogP contribution in [0, 0.1) is 12.7 Å². The summed E-state index contributed by atoms with van der Waals surface area (Å²) in [6.07, 6.45) is 5.35. The first-order valence-electron chi connectivity index (χ1n) is 8.34. The smallest absolute Gasteiger partial charge is 0.133 e. The van der Waals surface area contributed by atoms with Gasteiger partial charge in [0.05, 0.1) is 23.6 Å². The number of hydrogen-bond donors (Lipinski definition) is 2. The van der Waals surface area contributed by atoms with Crippen molar-refractivity contribution in [1.82, 2.24) is 30.3 Å². The van der Waals surface area contributed by atoms with Gasteiger partial charge in [-0.25, -0.2) is 4.39 Å². The fourth-order valence-electron chi connectivity index (χ4n) is 3.26. The van der Waals surface area contributed by atoms with Crippen LogP contribution in [0.1, 0.15) is 11.1 Å². The molecule has 0 amide bonds. The molecule has 0 aliphatic rings. The predicted octanol–water partition coefficient (Wildman–Crippen LogP) is 3.19. The van der Waals surface area contributed by atoms with Crippen molar-refractivity contribution in [1.29, 1.82) is 0 Å². The van der Waals surface area contributed by atoms with Gasteiger partial charge in [0.15, 0.2) is 0 Å². The van der Waals surface area contributed by atoms with Crippen molar-refractivity contribution >= 4 is 10.9 Å². The molecule has 0 atom stereocenters. The molecule has 0 spiro atoms. The highest BCUT2D eigenvalue weighted by atomic mass is 19.1. The van der Waals surface area contributed by atoms with Crippen LogP contribution in [0.5, 0.6) is 0 Å². The van der Waals surface area contributed by atoms with E-state index in [1.165, 1.54) is 0 Å². The summed E-state index contributed by atoms with van der Waals surface area (Å²) in [6, 6.07) is 5.42. The van der Waals surface area contributed by atoms with Gasteiger partial charge in [-0.3, -0.25) is 14.8 Å². The number of aromatic nitrogens is 5. The molecule has 0 aliphatic heterocycles. The lowest BCUT2D eigenvalue weighted by Crippen LogP contribution is -2.06. The number of nitrogens with one attached hydrogen (secondary N) is 2. The first-order chi connectivity index (χ1) is 12.6. The van der Waals surface area contributed by atoms with Gasteiger partial charge in [0, 0.05) is 36.3 Å². The van der Waals surface area contributed by atoms with Crippen LogP contribution in [0.2, 0.25) is 0 Å². The number of nitrogens with zero attached hydrogens (tertiary/aromatic N) is 4. The molecule has 3 heterocycles. The van der Waals surface area contributed by atoms with E-state index in [1.54, 1.807) is 23.1 Å². The molecule has 0 bridgehead atoms. The molecule has 0 saturated heterocycles. The van der Waals surface area contributed by atoms with Crippen molar-refractivity contribution in [3.05, 3.63) is 53.7 Å². The molecule has 26 heavy (non-hydrogen) atoms. The first kappa shape index (κ1) is 16.4. The number of halogens is 1. The number of hydrogen-bond acceptors (Lipinski definition) is 4. The zero-order valence-electron chi connectivity index (χ0n) is 14.8. The Kier molecular flexibility index (Phi) is 4.00. The topological polar surface area (TPSA) is 71.4 Å². The minimum atomic E-state index is -0.270. The van der Waals surface area contributed by atoms with Gasteiger partial charge in [0.25, 0.3) is 0 Å². The number of rotatable bonds is 4. The summed E-state index contributed by atoms with van der Waals surface area (Å²) >= 11 is 0. The molecular weight excluding hydrogens is 331 g/mol. The fourth-order valence-corrected chi connectivity index (χ4v) is 3.26. The SMILES string of the molecule is CNCc1cc(C)c(-c2cc3c(-c4cnn(C)c4)n[nH]c3cn2)c(F)c1. The Labute approximate surface area is 150 Å². The van der Waals surface area contributed by atoms with Gasteiger partial charge in [-0.05, 0) is 37.2 Å². The standard InChI is InChI=1S/C19H19FN6/c1-11-4-12(7-21-2)5-15(20)18(11)16-6-14-17(9-22-16)24-25-19(14)13-8-23-26(3)10-13/h4-6,8-10,21H,7H2,1-3H3,(H,24,25). The highest BCUT2D eigenvalue weighted by Crippen LogP contribution is 2.31. The monoisotopic (exact) mass is 350 g/mol. The molecule has 6 nitrogen and oxygen atoms in total. The van der Waals surface area contributed by atoms with Gasteiger partial charge in [0.2, 0.25) is 0 Å². The van der Waals surface area contributed by atoms with E-state index >= 15 is 0 Å². The van der Waals surface area contributed by atoms with Crippen molar-refractivity contribution in [3.63, 3.8) is 0 Å². The summed E-state index contributed by atoms with van der Waals surface area (Å²) in [5, 5.41) is 15.5. The summed E-state index contributed by atoms with van der Waals surface area (Å²) in [5.41, 5.74) is 5.36. The molecule has 0 unspecified atom stereocenters. The van der Waals surface area contributed by atoms with Gasteiger partial charge in [-0.1, -0.05) is 6.07 Å². The van der Waals surface area contributed by atoms with Crippen molar-refractivity contribution in [2.24, 2.45) is 7.05 Å². The second-order valence-electron chi connectivity index (χ2n) is 6.39. The normalized spacial score (nSPS) is 11.4. The quantitative estimate of drug-likeness (QED) is 0.593. The number of pyridine rings is 1. The van der Waals surface area contributed by atoms with Crippen molar-refractivity contribution < 1.29 is 4.39 Å². The van der Waals surface area contributed by atoms with E-state index in [-0.39, 0.29) is 5.82 Å². The van der Waals surface area contributed by atoms with Crippen LogP contribution in [0.15, 0.2) is 36.8 Å². The lowest BCUT2D eigenvalue weighted by atomic mass is 10.00. The Hall–Kier alpha value is -3.06. The van der Waals surface area contributed by atoms with Crippen molar-refractivity contribution in [2.75, 3.05) is 7.05 Å². The highest BCUT2D eigenvalue weighted by molar-refractivity contribution is 5.94. The Morgan fingerprint density at radius 3 is 2.77 bits per heavy atom. The molecule has 0 saturated carbocycles. The molecule has 1 aromatic carbocycles. The molecule has 4 aromatic rings. The Morgan fingerprint density at radius 1 is 1.23 bits per heavy atom. The number of fused-ring (bicyclic) bond motifs is 1. The summed E-state index contributed by atoms with van der Waals surface area (Å²) in [6.45, 7) is 2.53. The van der Waals surface area contributed by atoms with Gasteiger partial charge >= 0.3 is 0 Å². The second kappa shape index (κ2) is 6.34. The Morgan fingerprint density at radius 2 is 2.08 bits per heavy atom. The summed E-state index contributed by atoms with van der Waals surface area (Å²) in [7, 11) is 3.70. The molecular formula is C19H19FN6. The number of benzene rings is 1. The molecule has 4 rings (SSSR count). The van der Waals surface area contributed by atoms with Crippen LogP contribution in [-0.4, -0.2) is 32.0 Å². The zero-order chi connectivity index (χ0) is 18.3. The maximum Gasteiger partial charge on any atom is 0.133 e. The molecule has 3 aromatic heterocycles. The van der Waals surface area contributed by atoms with E-state index in [4.69, 9.17) is 0 Å². The number of aryl methyl sites for hydroxylation is 2. The van der Waals surface area contributed by atoms with E-state index in [9.17, 15) is 4.39 Å². The van der Waals surface area contributed by atoms with E-state index in [2.05, 4.69) is 25.6 Å². The van der Waals surface area contributed by atoms with Crippen LogP contribution >= 0.6 is 0 Å². The Bertz CT molecular complexity index is 1070. The Balaban J connectivity index is 1.86. The fraction of sp³-hybridized carbons (Fsp3) is 0.211. The van der Waals surface area contributed by atoms with Crippen LogP contribution in [-0.2, 0) is 13.6 Å². The maximum absolute atomic E-state index is 14.8. The van der Waals surface area contributed by atoms with Gasteiger partial charge in [-0.2, -0.15) is 10.2 Å². The average Bonchev–Trinajstić information content (AvgIpc) is 3.20. The lowest BCUT2D eigenvalue weighted by Gasteiger charge is -2.10. The predicted molar refractivity (Wildman–Crippen MR) is 99.0 cm³/mol. The van der Waals surface area contributed by atoms with Gasteiger partial charge in [0.1, 0.15) is 11.5 Å². The number of aromatic amines is 1. The minimum absolute atomic E-state index is 0.270. The van der Waals surface area contributed by atoms with E-state index in [0.29, 0.717) is 17.8 Å². The summed E-state index contributed by atoms with van der Waals surface area (Å²) in [4.78, 5) is 4.44. The van der Waals surface area contributed by atoms with Crippen LogP contribution in [0.4, 0.5) is 4.39 Å². The van der Waals surface area contributed by atoms with E-state index in [0.717, 1.165) is 33.3 Å². The molecule has 132 valence electrons. The first-order valence-corrected chi connectivity index (χ1v) is 8.34. The molecule has 7 heteroatoms. The van der Waals surface area contributed by atoms with Gasteiger partial charge < -0.3 is 5.32 Å². The van der Waals surface area contributed by atoms with E-state index < -0.39 is 0 Å². The zero-order valence-corrected chi connectivity index (χ0v) is 14.8. The third kappa shape index (κ3) is 2.76. The maximum atomic E-state index is 14.8. The second-order valence-corrected chi connectivity index (χ2v) is 6.39. The third-order valence-corrected chi connectivity index (χ3v) is 4.41. The largest absolute Gasteiger partial charge is 0.316 e. The number of H-pyrrole nitrogens is 1. The van der Waals surface area contributed by atoms with Crippen LogP contribution < -0.4 is 5.32 Å². The molecule has 0 aliphatic carbocycles. The minimum Gasteiger partial charge on any atom is -0.316 e. The highest BCUT2D eigenvalue weighted by Gasteiger charge is 2.16. The van der Waals surface area contributed by atoms with Gasteiger partial charge in [-0.15, -0.1) is 0 Å². The summed E-state index contributed by atoms with van der Waals surface area (Å²) in [5.74, 6) is -0.270. The van der Waals surface area contributed by atoms with Crippen molar-refractivity contribution in [3.8, 4) is 22.5 Å². The van der Waals surface area contributed by atoms with Crippen LogP contribution in [0.25, 0.3) is 33.4 Å². The van der Waals surface area contributed by atoms with Crippen LogP contribution in [0.3, 0.4) is 0 Å². The van der Waals surface area contributed by atoms with E-state index in [1.807, 2.05) is 39.3 Å². The average molecular weight is 350 g/mol. The molecule has 0 radical (unpaired) electrons. The summed E-state index contributed by atoms with van der Waals surface area (Å²) < 4.78 is 16.5. The molecule has 2 N–H and O–H groups in total. The lowest BCUT2D eigenvalue weighted by molar-refractivity contribution is 0.625. The third-order valence-electron chi connectivity index (χ3n) is 4.41.